The summed E-state index contributed by atoms with van der Waals surface area (Å²) < 4.78 is 48.2. The molecule has 0 amide bonds. The van der Waals surface area contributed by atoms with Crippen LogP contribution in [0, 0.1) is 0 Å². The lowest BCUT2D eigenvalue weighted by Crippen LogP contribution is -2.04. The van der Waals surface area contributed by atoms with Crippen LogP contribution < -0.4 is 15.8 Å². The normalized spacial score (nSPS) is 11.4. The van der Waals surface area contributed by atoms with Crippen molar-refractivity contribution in [2.75, 3.05) is 17.6 Å². The van der Waals surface area contributed by atoms with Crippen molar-refractivity contribution in [3.8, 4) is 17.1 Å². The summed E-state index contributed by atoms with van der Waals surface area (Å²) in [6, 6.07) is 9.69. The molecule has 0 atom stereocenters. The molecular formula is C18H17F3N4O2. The van der Waals surface area contributed by atoms with Crippen molar-refractivity contribution >= 4 is 11.4 Å². The molecule has 1 heterocycles. The Morgan fingerprint density at radius 3 is 2.56 bits per heavy atom. The smallest absolute Gasteiger partial charge is 0.416 e. The molecule has 0 aliphatic rings. The third kappa shape index (κ3) is 4.49. The van der Waals surface area contributed by atoms with Crippen LogP contribution in [0.15, 0.2) is 47.0 Å². The summed E-state index contributed by atoms with van der Waals surface area (Å²) >= 11 is 0. The van der Waals surface area contributed by atoms with E-state index in [4.69, 9.17) is 15.0 Å². The fraction of sp³-hybridized carbons (Fsp3) is 0.222. The van der Waals surface area contributed by atoms with Gasteiger partial charge in [-0.15, -0.1) is 0 Å². The van der Waals surface area contributed by atoms with Crippen molar-refractivity contribution in [3.63, 3.8) is 0 Å². The van der Waals surface area contributed by atoms with E-state index in [-0.39, 0.29) is 18.2 Å². The van der Waals surface area contributed by atoms with Crippen LogP contribution in [-0.4, -0.2) is 16.7 Å². The minimum Gasteiger partial charge on any atom is -0.484 e. The van der Waals surface area contributed by atoms with E-state index in [2.05, 4.69) is 15.5 Å². The van der Waals surface area contributed by atoms with Gasteiger partial charge in [0, 0.05) is 12.1 Å². The van der Waals surface area contributed by atoms with Gasteiger partial charge in [-0.25, -0.2) is 0 Å². The maximum Gasteiger partial charge on any atom is 0.416 e. The third-order valence-electron chi connectivity index (χ3n) is 3.69. The zero-order chi connectivity index (χ0) is 19.4. The fourth-order valence-corrected chi connectivity index (χ4v) is 2.35. The molecule has 0 aliphatic heterocycles. The zero-order valence-electron chi connectivity index (χ0n) is 14.4. The summed E-state index contributed by atoms with van der Waals surface area (Å²) in [7, 11) is 0. The molecule has 0 fully saturated rings. The molecule has 3 rings (SSSR count). The molecule has 0 bridgehead atoms. The van der Waals surface area contributed by atoms with Gasteiger partial charge in [0.15, 0.2) is 6.61 Å². The molecule has 0 radical (unpaired) electrons. The SMILES string of the molecule is CCNc1cc(-c2noc(COc3ccc(C(F)(F)F)cc3)n2)ccc1N. The molecule has 3 N–H and O–H groups in total. The second-order valence-electron chi connectivity index (χ2n) is 5.65. The number of alkyl halides is 3. The van der Waals surface area contributed by atoms with Crippen molar-refractivity contribution in [2.24, 2.45) is 0 Å². The highest BCUT2D eigenvalue weighted by Gasteiger charge is 2.30. The monoisotopic (exact) mass is 378 g/mol. The maximum absolute atomic E-state index is 12.5. The molecule has 6 nitrogen and oxygen atoms in total. The number of nitrogen functional groups attached to an aromatic ring is 1. The van der Waals surface area contributed by atoms with Crippen LogP contribution in [0.2, 0.25) is 0 Å². The van der Waals surface area contributed by atoms with E-state index >= 15 is 0 Å². The molecule has 27 heavy (non-hydrogen) atoms. The standard InChI is InChI=1S/C18H17F3N4O2/c1-2-23-15-9-11(3-8-14(15)22)17-24-16(27-25-17)10-26-13-6-4-12(5-7-13)18(19,20)21/h3-9,23H,2,10,22H2,1H3. The van der Waals surface area contributed by atoms with Gasteiger partial charge in [-0.05, 0) is 49.4 Å². The van der Waals surface area contributed by atoms with Gasteiger partial charge < -0.3 is 20.3 Å². The third-order valence-corrected chi connectivity index (χ3v) is 3.69. The van der Waals surface area contributed by atoms with Crippen LogP contribution in [0.3, 0.4) is 0 Å². The van der Waals surface area contributed by atoms with Gasteiger partial charge in [-0.3, -0.25) is 0 Å². The molecule has 0 unspecified atom stereocenters. The highest BCUT2D eigenvalue weighted by Crippen LogP contribution is 2.30. The molecule has 1 aromatic heterocycles. The number of halogens is 3. The van der Waals surface area contributed by atoms with Crippen molar-refractivity contribution in [2.45, 2.75) is 19.7 Å². The van der Waals surface area contributed by atoms with Gasteiger partial charge in [0.2, 0.25) is 5.82 Å². The Morgan fingerprint density at radius 2 is 1.89 bits per heavy atom. The zero-order valence-corrected chi connectivity index (χ0v) is 14.4. The largest absolute Gasteiger partial charge is 0.484 e. The molecule has 0 saturated carbocycles. The average Bonchev–Trinajstić information content (AvgIpc) is 3.11. The fourth-order valence-electron chi connectivity index (χ4n) is 2.35. The summed E-state index contributed by atoms with van der Waals surface area (Å²) in [4.78, 5) is 4.23. The van der Waals surface area contributed by atoms with E-state index in [0.29, 0.717) is 23.6 Å². The van der Waals surface area contributed by atoms with Gasteiger partial charge in [0.25, 0.3) is 5.89 Å². The van der Waals surface area contributed by atoms with Crippen LogP contribution in [0.5, 0.6) is 5.75 Å². The first-order chi connectivity index (χ1) is 12.9. The first kappa shape index (κ1) is 18.6. The molecule has 0 saturated heterocycles. The molecule has 2 aromatic carbocycles. The minimum absolute atomic E-state index is 0.0621. The number of hydrogen-bond donors (Lipinski definition) is 2. The van der Waals surface area contributed by atoms with Crippen LogP contribution in [-0.2, 0) is 12.8 Å². The summed E-state index contributed by atoms with van der Waals surface area (Å²) in [6.45, 7) is 2.61. The Morgan fingerprint density at radius 1 is 1.15 bits per heavy atom. The molecule has 3 aromatic rings. The Balaban J connectivity index is 1.67. The van der Waals surface area contributed by atoms with Gasteiger partial charge >= 0.3 is 6.18 Å². The lowest BCUT2D eigenvalue weighted by molar-refractivity contribution is -0.137. The van der Waals surface area contributed by atoms with Crippen LogP contribution in [0.1, 0.15) is 18.4 Å². The van der Waals surface area contributed by atoms with Gasteiger partial charge in [0.1, 0.15) is 5.75 Å². The number of rotatable bonds is 6. The number of hydrogen-bond acceptors (Lipinski definition) is 6. The topological polar surface area (TPSA) is 86.2 Å². The number of anilines is 2. The number of nitrogens with one attached hydrogen (secondary N) is 1. The van der Waals surface area contributed by atoms with E-state index in [0.717, 1.165) is 17.8 Å². The van der Waals surface area contributed by atoms with E-state index in [1.807, 2.05) is 13.0 Å². The number of nitrogens with two attached hydrogens (primary N) is 1. The minimum atomic E-state index is -4.38. The highest BCUT2D eigenvalue weighted by molar-refractivity contribution is 5.73. The summed E-state index contributed by atoms with van der Waals surface area (Å²) in [5.41, 5.74) is 7.24. The quantitative estimate of drug-likeness (QED) is 0.620. The predicted octanol–water partition coefficient (Wildman–Crippen LogP) is 4.35. The van der Waals surface area contributed by atoms with Crippen LogP contribution >= 0.6 is 0 Å². The number of benzene rings is 2. The van der Waals surface area contributed by atoms with E-state index in [1.54, 1.807) is 12.1 Å². The average molecular weight is 378 g/mol. The molecule has 142 valence electrons. The Hall–Kier alpha value is -3.23. The molecule has 0 spiro atoms. The highest BCUT2D eigenvalue weighted by atomic mass is 19.4. The van der Waals surface area contributed by atoms with Crippen molar-refractivity contribution in [1.82, 2.24) is 10.1 Å². The predicted molar refractivity (Wildman–Crippen MR) is 94.1 cm³/mol. The second kappa shape index (κ2) is 7.56. The Bertz CT molecular complexity index is 908. The molecule has 0 aliphatic carbocycles. The summed E-state index contributed by atoms with van der Waals surface area (Å²) in [6.07, 6.45) is -4.38. The molecular weight excluding hydrogens is 361 g/mol. The summed E-state index contributed by atoms with van der Waals surface area (Å²) in [5.74, 6) is 0.830. The van der Waals surface area contributed by atoms with Crippen molar-refractivity contribution in [3.05, 3.63) is 53.9 Å². The van der Waals surface area contributed by atoms with Crippen molar-refractivity contribution in [1.29, 1.82) is 0 Å². The molecule has 9 heteroatoms. The Kier molecular flexibility index (Phi) is 5.20. The lowest BCUT2D eigenvalue weighted by atomic mass is 10.1. The van der Waals surface area contributed by atoms with E-state index < -0.39 is 11.7 Å². The first-order valence-corrected chi connectivity index (χ1v) is 8.13. The maximum atomic E-state index is 12.5. The van der Waals surface area contributed by atoms with Crippen molar-refractivity contribution < 1.29 is 22.4 Å². The number of ether oxygens (including phenoxy) is 1. The van der Waals surface area contributed by atoms with Gasteiger partial charge in [-0.1, -0.05) is 5.16 Å². The second-order valence-corrected chi connectivity index (χ2v) is 5.65. The van der Waals surface area contributed by atoms with Crippen LogP contribution in [0.4, 0.5) is 24.5 Å². The van der Waals surface area contributed by atoms with Gasteiger partial charge in [0.05, 0.1) is 16.9 Å². The number of nitrogens with zero attached hydrogens (tertiary/aromatic N) is 2. The van der Waals surface area contributed by atoms with E-state index in [1.165, 1.54) is 12.1 Å². The van der Waals surface area contributed by atoms with Crippen LogP contribution in [0.25, 0.3) is 11.4 Å². The first-order valence-electron chi connectivity index (χ1n) is 8.13. The lowest BCUT2D eigenvalue weighted by Gasteiger charge is -2.08. The summed E-state index contributed by atoms with van der Waals surface area (Å²) in [5, 5.41) is 7.03. The Labute approximate surface area is 153 Å². The van der Waals surface area contributed by atoms with E-state index in [9.17, 15) is 13.2 Å². The van der Waals surface area contributed by atoms with Gasteiger partial charge in [-0.2, -0.15) is 18.2 Å². The number of aromatic nitrogens is 2.